The lowest BCUT2D eigenvalue weighted by atomic mass is 9.63. The van der Waals surface area contributed by atoms with Crippen LogP contribution in [0.5, 0.6) is 0 Å². The van der Waals surface area contributed by atoms with Crippen LogP contribution < -0.4 is 0 Å². The molecular weight excluding hydrogens is 424 g/mol. The van der Waals surface area contributed by atoms with Gasteiger partial charge in [0.2, 0.25) is 0 Å². The number of hydrogen-bond acceptors (Lipinski definition) is 7. The van der Waals surface area contributed by atoms with Crippen LogP contribution >= 0.6 is 0 Å². The number of hydrogen-bond donors (Lipinski definition) is 4. The largest absolute Gasteiger partial charge is 0.393 e. The first kappa shape index (κ1) is 28.2. The van der Waals surface area contributed by atoms with Gasteiger partial charge >= 0.3 is 11.9 Å². The number of aliphatic hydroxyl groups excluding tert-OH is 2. The summed E-state index contributed by atoms with van der Waals surface area (Å²) in [6.07, 6.45) is 4.62. The molecule has 0 aromatic heterocycles. The zero-order chi connectivity index (χ0) is 25.1. The van der Waals surface area contributed by atoms with Crippen molar-refractivity contribution in [3.8, 4) is 0 Å². The predicted octanol–water partition coefficient (Wildman–Crippen LogP) is 2.92. The molecule has 8 unspecified atom stereocenters. The molecule has 2 saturated carbocycles. The first-order chi connectivity index (χ1) is 15.3. The molecule has 2 fully saturated rings. The van der Waals surface area contributed by atoms with Crippen LogP contribution in [0.1, 0.15) is 80.1 Å². The molecule has 0 aromatic carbocycles. The number of ether oxygens (including phenoxy) is 1. The molecule has 33 heavy (non-hydrogen) atoms. The molecule has 0 amide bonds. The van der Waals surface area contributed by atoms with Crippen molar-refractivity contribution in [3.63, 3.8) is 0 Å². The molecule has 0 aromatic rings. The average molecular weight is 471 g/mol. The Bertz CT molecular complexity index is 622. The highest BCUT2D eigenvalue weighted by Gasteiger charge is 2.55. The van der Waals surface area contributed by atoms with E-state index in [1.165, 1.54) is 0 Å². The van der Waals surface area contributed by atoms with Crippen molar-refractivity contribution in [1.29, 1.82) is 0 Å². The van der Waals surface area contributed by atoms with Crippen LogP contribution in [0.25, 0.3) is 0 Å². The molecule has 2 aliphatic carbocycles. The first-order valence-electron chi connectivity index (χ1n) is 12.7. The van der Waals surface area contributed by atoms with Crippen LogP contribution in [0.2, 0.25) is 0 Å². The zero-order valence-corrected chi connectivity index (χ0v) is 21.3. The molecule has 0 aliphatic heterocycles. The monoisotopic (exact) mass is 470 g/mol. The van der Waals surface area contributed by atoms with Crippen LogP contribution in [0, 0.1) is 47.3 Å². The van der Waals surface area contributed by atoms with Crippen LogP contribution in [0.15, 0.2) is 0 Å². The molecule has 192 valence electrons. The van der Waals surface area contributed by atoms with Crippen molar-refractivity contribution in [3.05, 3.63) is 0 Å². The maximum Gasteiger partial charge on any atom is 0.348 e. The summed E-state index contributed by atoms with van der Waals surface area (Å²) in [5.41, 5.74) is -4.49. The van der Waals surface area contributed by atoms with E-state index >= 15 is 0 Å². The minimum absolute atomic E-state index is 0.0118. The van der Waals surface area contributed by atoms with Gasteiger partial charge in [0.05, 0.1) is 13.2 Å². The Morgan fingerprint density at radius 1 is 0.758 bits per heavy atom. The van der Waals surface area contributed by atoms with E-state index in [4.69, 9.17) is 4.74 Å². The lowest BCUT2D eigenvalue weighted by Crippen LogP contribution is -2.59. The normalized spacial score (nSPS) is 34.5. The van der Waals surface area contributed by atoms with Gasteiger partial charge < -0.3 is 25.2 Å². The first-order valence-corrected chi connectivity index (χ1v) is 12.7. The van der Waals surface area contributed by atoms with E-state index in [0.29, 0.717) is 12.8 Å². The van der Waals surface area contributed by atoms with E-state index in [2.05, 4.69) is 0 Å². The summed E-state index contributed by atoms with van der Waals surface area (Å²) in [6.45, 7) is 10.4. The van der Waals surface area contributed by atoms with E-state index in [9.17, 15) is 30.0 Å². The summed E-state index contributed by atoms with van der Waals surface area (Å²) >= 11 is 0. The van der Waals surface area contributed by atoms with Crippen LogP contribution in [-0.2, 0) is 14.3 Å². The molecule has 8 atom stereocenters. The Kier molecular flexibility index (Phi) is 9.53. The fraction of sp³-hybridized carbons (Fsp3) is 0.923. The van der Waals surface area contributed by atoms with Crippen molar-refractivity contribution in [2.75, 3.05) is 13.2 Å². The quantitative estimate of drug-likeness (QED) is 0.318. The van der Waals surface area contributed by atoms with Gasteiger partial charge in [-0.25, -0.2) is 9.59 Å². The maximum atomic E-state index is 13.2. The molecular formula is C26H46O7. The lowest BCUT2D eigenvalue weighted by Gasteiger charge is -2.45. The second kappa shape index (κ2) is 11.1. The highest BCUT2D eigenvalue weighted by molar-refractivity contribution is 5.94. The van der Waals surface area contributed by atoms with E-state index in [-0.39, 0.29) is 35.5 Å². The van der Waals surface area contributed by atoms with Gasteiger partial charge in [-0.2, -0.15) is 0 Å². The van der Waals surface area contributed by atoms with E-state index in [0.717, 1.165) is 25.7 Å². The fourth-order valence-electron chi connectivity index (χ4n) is 6.43. The predicted molar refractivity (Wildman–Crippen MR) is 125 cm³/mol. The second-order valence-electron chi connectivity index (χ2n) is 11.7. The number of carbonyl (C=O) groups excluding carboxylic acids is 2. The van der Waals surface area contributed by atoms with Gasteiger partial charge in [0.15, 0.2) is 11.2 Å². The highest BCUT2D eigenvalue weighted by atomic mass is 16.6. The third-order valence-electron chi connectivity index (χ3n) is 8.65. The zero-order valence-electron chi connectivity index (χ0n) is 21.3. The Balaban J connectivity index is 2.30. The summed E-state index contributed by atoms with van der Waals surface area (Å²) in [6, 6.07) is 0. The van der Waals surface area contributed by atoms with Gasteiger partial charge in [0.1, 0.15) is 0 Å². The van der Waals surface area contributed by atoms with Crippen LogP contribution in [0.4, 0.5) is 0 Å². The molecule has 0 saturated heterocycles. The molecule has 2 aliphatic rings. The van der Waals surface area contributed by atoms with Gasteiger partial charge in [-0.3, -0.25) is 0 Å². The minimum Gasteiger partial charge on any atom is -0.393 e. The van der Waals surface area contributed by atoms with Gasteiger partial charge in [-0.15, -0.1) is 0 Å². The number of esters is 2. The summed E-state index contributed by atoms with van der Waals surface area (Å²) < 4.78 is 5.10. The van der Waals surface area contributed by atoms with E-state index < -0.39 is 48.2 Å². The molecule has 7 nitrogen and oxygen atoms in total. The number of rotatable bonds is 8. The van der Waals surface area contributed by atoms with Crippen LogP contribution in [-0.4, -0.2) is 56.8 Å². The maximum absolute atomic E-state index is 13.2. The van der Waals surface area contributed by atoms with Gasteiger partial charge in [0.25, 0.3) is 0 Å². The second-order valence-corrected chi connectivity index (χ2v) is 11.7. The van der Waals surface area contributed by atoms with Crippen molar-refractivity contribution < 1.29 is 34.8 Å². The van der Waals surface area contributed by atoms with E-state index in [1.54, 1.807) is 0 Å². The van der Waals surface area contributed by atoms with Gasteiger partial charge in [-0.1, -0.05) is 54.4 Å². The standard InChI is InChI=1S/C26H46O7/c1-15(2)19-9-7-17(5)11-21(19)25(31,13-27)23(29)33-24(30)26(32,14-28)22-12-18(6)8-10-20(22)16(3)4/h15-22,27-28,31-32H,7-14H2,1-6H3. The molecule has 0 spiro atoms. The van der Waals surface area contributed by atoms with Crippen LogP contribution in [0.3, 0.4) is 0 Å². The highest BCUT2D eigenvalue weighted by Crippen LogP contribution is 2.46. The van der Waals surface area contributed by atoms with Crippen molar-refractivity contribution in [1.82, 2.24) is 0 Å². The lowest BCUT2D eigenvalue weighted by molar-refractivity contribution is -0.205. The summed E-state index contributed by atoms with van der Waals surface area (Å²) in [5.74, 6) is -2.76. The number of carbonyl (C=O) groups is 2. The Morgan fingerprint density at radius 2 is 1.09 bits per heavy atom. The van der Waals surface area contributed by atoms with Crippen molar-refractivity contribution in [2.45, 2.75) is 91.3 Å². The third kappa shape index (κ3) is 5.80. The molecule has 7 heteroatoms. The molecule has 0 bridgehead atoms. The summed E-state index contributed by atoms with van der Waals surface area (Å²) in [5, 5.41) is 42.8. The topological polar surface area (TPSA) is 124 Å². The number of aliphatic hydroxyl groups is 4. The third-order valence-corrected chi connectivity index (χ3v) is 8.65. The molecule has 4 N–H and O–H groups in total. The Hall–Kier alpha value is -1.02. The fourth-order valence-corrected chi connectivity index (χ4v) is 6.43. The Morgan fingerprint density at radius 3 is 1.36 bits per heavy atom. The molecule has 0 radical (unpaired) electrons. The smallest absolute Gasteiger partial charge is 0.348 e. The summed E-state index contributed by atoms with van der Waals surface area (Å²) in [4.78, 5) is 26.3. The minimum atomic E-state index is -2.24. The molecule has 2 rings (SSSR count). The van der Waals surface area contributed by atoms with Gasteiger partial charge in [0, 0.05) is 11.8 Å². The average Bonchev–Trinajstić information content (AvgIpc) is 2.77. The SMILES string of the molecule is CC1CCC(C(C)C)C(C(O)(CO)C(=O)OC(=O)C(O)(CO)C2CC(C)CCC2C(C)C)C1. The molecule has 0 heterocycles. The van der Waals surface area contributed by atoms with E-state index in [1.807, 2.05) is 41.5 Å². The van der Waals surface area contributed by atoms with Crippen molar-refractivity contribution >= 4 is 11.9 Å². The van der Waals surface area contributed by atoms with Crippen molar-refractivity contribution in [2.24, 2.45) is 47.3 Å². The van der Waals surface area contributed by atoms with Gasteiger partial charge in [-0.05, 0) is 61.2 Å². The summed E-state index contributed by atoms with van der Waals surface area (Å²) in [7, 11) is 0. The Labute approximate surface area is 198 Å².